The van der Waals surface area contributed by atoms with Crippen LogP contribution in [-0.2, 0) is 0 Å². The topological polar surface area (TPSA) is 108 Å². The van der Waals surface area contributed by atoms with E-state index >= 15 is 0 Å². The molecule has 0 aliphatic rings. The van der Waals surface area contributed by atoms with Crippen molar-refractivity contribution in [2.75, 3.05) is 21.2 Å². The van der Waals surface area contributed by atoms with E-state index in [9.17, 15) is 19.1 Å². The second-order valence-electron chi connectivity index (χ2n) is 8.46. The first-order valence-corrected chi connectivity index (χ1v) is 11.0. The molecule has 1 amide bonds. The number of methoxy groups -OCH3 is 1. The molecular formula is C27H21FN4O4. The standard InChI is InChI=1S/C27H21FN4O4/c1-32(2)26(33)24-23(14-4-7-17(28)8-5-14)19-10-16-13-29-31-20(16)12-21(19)30-25(24)18-9-6-15(27(34)35)11-22(18)36-3/h4-13H,1-3H3,(H,29,31)(H,34,35). The van der Waals surface area contributed by atoms with E-state index in [1.54, 1.807) is 38.5 Å². The average Bonchev–Trinajstić information content (AvgIpc) is 3.33. The minimum Gasteiger partial charge on any atom is -0.496 e. The number of ether oxygens (including phenoxy) is 1. The van der Waals surface area contributed by atoms with Gasteiger partial charge in [0.05, 0.1) is 41.2 Å². The fraction of sp³-hybridized carbons (Fsp3) is 0.111. The predicted molar refractivity (Wildman–Crippen MR) is 134 cm³/mol. The molecule has 5 aromatic rings. The lowest BCUT2D eigenvalue weighted by atomic mass is 9.90. The number of H-pyrrole nitrogens is 1. The molecule has 3 aromatic carbocycles. The van der Waals surface area contributed by atoms with Gasteiger partial charge in [-0.05, 0) is 48.0 Å². The Morgan fingerprint density at radius 2 is 1.81 bits per heavy atom. The summed E-state index contributed by atoms with van der Waals surface area (Å²) in [6.07, 6.45) is 1.68. The lowest BCUT2D eigenvalue weighted by Crippen LogP contribution is -2.24. The lowest BCUT2D eigenvalue weighted by Gasteiger charge is -2.21. The molecule has 2 aromatic heterocycles. The van der Waals surface area contributed by atoms with Crippen LogP contribution in [0.3, 0.4) is 0 Å². The Bertz CT molecular complexity index is 1660. The number of pyridine rings is 1. The van der Waals surface area contributed by atoms with Crippen molar-refractivity contribution in [2.24, 2.45) is 0 Å². The molecule has 0 fully saturated rings. The van der Waals surface area contributed by atoms with Crippen LogP contribution in [-0.4, -0.2) is 58.3 Å². The van der Waals surface area contributed by atoms with Crippen LogP contribution >= 0.6 is 0 Å². The van der Waals surface area contributed by atoms with Gasteiger partial charge < -0.3 is 14.7 Å². The van der Waals surface area contributed by atoms with Gasteiger partial charge in [0.25, 0.3) is 5.91 Å². The summed E-state index contributed by atoms with van der Waals surface area (Å²) in [6, 6.07) is 14.0. The zero-order valence-corrected chi connectivity index (χ0v) is 19.7. The summed E-state index contributed by atoms with van der Waals surface area (Å²) in [5, 5.41) is 18.0. The normalized spacial score (nSPS) is 11.1. The van der Waals surface area contributed by atoms with Gasteiger partial charge in [-0.2, -0.15) is 5.10 Å². The largest absolute Gasteiger partial charge is 0.496 e. The molecule has 180 valence electrons. The number of carbonyl (C=O) groups is 2. The van der Waals surface area contributed by atoms with Crippen molar-refractivity contribution in [3.8, 4) is 28.1 Å². The van der Waals surface area contributed by atoms with Crippen LogP contribution in [0, 0.1) is 5.82 Å². The average molecular weight is 484 g/mol. The minimum absolute atomic E-state index is 0.0369. The summed E-state index contributed by atoms with van der Waals surface area (Å²) < 4.78 is 19.4. The maximum atomic E-state index is 13.9. The number of carboxylic acid groups (broad SMARTS) is 1. The van der Waals surface area contributed by atoms with Crippen LogP contribution < -0.4 is 4.74 Å². The van der Waals surface area contributed by atoms with Gasteiger partial charge in [-0.3, -0.25) is 9.89 Å². The lowest BCUT2D eigenvalue weighted by molar-refractivity contribution is 0.0696. The van der Waals surface area contributed by atoms with Gasteiger partial charge in [-0.15, -0.1) is 0 Å². The number of hydrogen-bond acceptors (Lipinski definition) is 5. The third-order valence-corrected chi connectivity index (χ3v) is 6.00. The monoisotopic (exact) mass is 484 g/mol. The van der Waals surface area contributed by atoms with E-state index in [0.29, 0.717) is 33.3 Å². The van der Waals surface area contributed by atoms with E-state index in [4.69, 9.17) is 9.72 Å². The molecule has 0 saturated carbocycles. The molecule has 0 unspecified atom stereocenters. The molecule has 0 atom stereocenters. The Kier molecular flexibility index (Phi) is 5.60. The molecule has 0 bridgehead atoms. The summed E-state index contributed by atoms with van der Waals surface area (Å²) >= 11 is 0. The first-order chi connectivity index (χ1) is 17.3. The van der Waals surface area contributed by atoms with E-state index < -0.39 is 11.8 Å². The molecule has 0 aliphatic carbocycles. The van der Waals surface area contributed by atoms with Gasteiger partial charge >= 0.3 is 5.97 Å². The number of halogens is 1. The van der Waals surface area contributed by atoms with E-state index in [0.717, 1.165) is 10.9 Å². The first kappa shape index (κ1) is 23.0. The van der Waals surface area contributed by atoms with Crippen molar-refractivity contribution >= 4 is 33.7 Å². The number of nitrogens with one attached hydrogen (secondary N) is 1. The van der Waals surface area contributed by atoms with Gasteiger partial charge in [0.2, 0.25) is 0 Å². The summed E-state index contributed by atoms with van der Waals surface area (Å²) in [6.45, 7) is 0. The zero-order valence-electron chi connectivity index (χ0n) is 19.7. The number of nitrogens with zero attached hydrogens (tertiary/aromatic N) is 3. The highest BCUT2D eigenvalue weighted by molar-refractivity contribution is 6.15. The van der Waals surface area contributed by atoms with Crippen molar-refractivity contribution in [1.82, 2.24) is 20.1 Å². The summed E-state index contributed by atoms with van der Waals surface area (Å²) in [4.78, 5) is 31.5. The van der Waals surface area contributed by atoms with E-state index in [1.165, 1.54) is 36.3 Å². The molecule has 0 radical (unpaired) electrons. The Hall–Kier alpha value is -4.79. The first-order valence-electron chi connectivity index (χ1n) is 11.0. The molecule has 9 heteroatoms. The smallest absolute Gasteiger partial charge is 0.335 e. The van der Waals surface area contributed by atoms with Gasteiger partial charge in [0, 0.05) is 36.0 Å². The van der Waals surface area contributed by atoms with Crippen LogP contribution in [0.1, 0.15) is 20.7 Å². The number of hydrogen-bond donors (Lipinski definition) is 2. The molecule has 0 aliphatic heterocycles. The van der Waals surface area contributed by atoms with Crippen molar-refractivity contribution in [3.05, 3.63) is 77.7 Å². The van der Waals surface area contributed by atoms with Gasteiger partial charge in [-0.25, -0.2) is 14.2 Å². The van der Waals surface area contributed by atoms with Crippen molar-refractivity contribution in [3.63, 3.8) is 0 Å². The Balaban J connectivity index is 1.96. The van der Waals surface area contributed by atoms with E-state index in [1.807, 2.05) is 12.1 Å². The summed E-state index contributed by atoms with van der Waals surface area (Å²) in [5.41, 5.74) is 3.60. The fourth-order valence-corrected chi connectivity index (χ4v) is 4.27. The number of aromatic amines is 1. The third-order valence-electron chi connectivity index (χ3n) is 6.00. The highest BCUT2D eigenvalue weighted by atomic mass is 19.1. The van der Waals surface area contributed by atoms with E-state index in [2.05, 4.69) is 10.2 Å². The minimum atomic E-state index is -1.11. The maximum absolute atomic E-state index is 13.9. The molecule has 5 rings (SSSR count). The van der Waals surface area contributed by atoms with Gasteiger partial charge in [0.15, 0.2) is 0 Å². The number of aromatic carboxylic acids is 1. The molecule has 0 saturated heterocycles. The number of amides is 1. The van der Waals surface area contributed by atoms with Crippen LogP contribution in [0.5, 0.6) is 5.75 Å². The van der Waals surface area contributed by atoms with Crippen molar-refractivity contribution in [2.45, 2.75) is 0 Å². The second-order valence-corrected chi connectivity index (χ2v) is 8.46. The number of rotatable bonds is 5. The number of carboxylic acids is 1. The van der Waals surface area contributed by atoms with Crippen LogP contribution in [0.2, 0.25) is 0 Å². The Labute approximate surface area is 205 Å². The van der Waals surface area contributed by atoms with Gasteiger partial charge in [0.1, 0.15) is 11.6 Å². The number of aromatic nitrogens is 3. The Morgan fingerprint density at radius 3 is 2.47 bits per heavy atom. The zero-order chi connectivity index (χ0) is 25.6. The van der Waals surface area contributed by atoms with Crippen LogP contribution in [0.15, 0.2) is 60.8 Å². The number of fused-ring (bicyclic) bond motifs is 2. The maximum Gasteiger partial charge on any atom is 0.335 e. The number of carbonyl (C=O) groups excluding carboxylic acids is 1. The molecule has 0 spiro atoms. The van der Waals surface area contributed by atoms with Crippen LogP contribution in [0.4, 0.5) is 4.39 Å². The van der Waals surface area contributed by atoms with Gasteiger partial charge in [-0.1, -0.05) is 12.1 Å². The van der Waals surface area contributed by atoms with Crippen LogP contribution in [0.25, 0.3) is 44.2 Å². The van der Waals surface area contributed by atoms with Crippen molar-refractivity contribution in [1.29, 1.82) is 0 Å². The molecule has 36 heavy (non-hydrogen) atoms. The second kappa shape index (κ2) is 8.77. The molecule has 8 nitrogen and oxygen atoms in total. The number of benzene rings is 3. The Morgan fingerprint density at radius 1 is 1.06 bits per heavy atom. The van der Waals surface area contributed by atoms with E-state index in [-0.39, 0.29) is 22.8 Å². The highest BCUT2D eigenvalue weighted by Gasteiger charge is 2.27. The fourth-order valence-electron chi connectivity index (χ4n) is 4.27. The molecule has 2 heterocycles. The molecular weight excluding hydrogens is 463 g/mol. The predicted octanol–water partition coefficient (Wildman–Crippen LogP) is 4.99. The molecule has 2 N–H and O–H groups in total. The SMILES string of the molecule is COc1cc(C(=O)O)ccc1-c1nc2cc3[nH]ncc3cc2c(-c2ccc(F)cc2)c1C(=O)N(C)C. The quantitative estimate of drug-likeness (QED) is 0.364. The summed E-state index contributed by atoms with van der Waals surface area (Å²) in [7, 11) is 4.69. The highest BCUT2D eigenvalue weighted by Crippen LogP contribution is 2.41. The third kappa shape index (κ3) is 3.80. The van der Waals surface area contributed by atoms with Crippen molar-refractivity contribution < 1.29 is 23.8 Å². The summed E-state index contributed by atoms with van der Waals surface area (Å²) in [5.74, 6) is -1.58.